The zero-order chi connectivity index (χ0) is 22.0. The number of rotatable bonds is 4. The number of likely N-dealkylation sites (tertiary alicyclic amines) is 1. The van der Waals surface area contributed by atoms with Crippen LogP contribution in [0, 0.1) is 0 Å². The number of aromatic hydroxyl groups is 1. The number of hydrogen-bond donors (Lipinski definition) is 4. The van der Waals surface area contributed by atoms with Gasteiger partial charge in [-0.05, 0) is 42.5 Å². The summed E-state index contributed by atoms with van der Waals surface area (Å²) in [5.41, 5.74) is 6.23. The molecule has 0 radical (unpaired) electrons. The van der Waals surface area contributed by atoms with Gasteiger partial charge in [0.25, 0.3) is 5.91 Å². The highest BCUT2D eigenvalue weighted by atomic mass is 16.3. The van der Waals surface area contributed by atoms with Crippen LogP contribution in [-0.2, 0) is 4.79 Å². The van der Waals surface area contributed by atoms with Crippen LogP contribution in [0.3, 0.4) is 0 Å². The molecule has 0 saturated carbocycles. The fourth-order valence-corrected chi connectivity index (χ4v) is 3.91. The molecule has 1 atom stereocenters. The standard InChI is InChI=1S/C23H22N4O4/c24-23(31)26-16-7-3-6-15(13-16)25-21(29)19-9-4-12-27(19)22(30)18-11-10-14-5-1-2-8-17(14)20(18)28/h1-3,5-8,10-11,13,19,28H,4,9,12H2,(H,25,29)(H3,24,26,31). The lowest BCUT2D eigenvalue weighted by Crippen LogP contribution is -2.43. The van der Waals surface area contributed by atoms with E-state index in [4.69, 9.17) is 5.73 Å². The molecule has 4 amide bonds. The first kappa shape index (κ1) is 20.2. The first-order valence-corrected chi connectivity index (χ1v) is 9.93. The van der Waals surface area contributed by atoms with E-state index >= 15 is 0 Å². The van der Waals surface area contributed by atoms with Crippen LogP contribution in [-0.4, -0.2) is 40.4 Å². The number of benzene rings is 3. The molecule has 1 unspecified atom stereocenters. The molecule has 1 saturated heterocycles. The summed E-state index contributed by atoms with van der Waals surface area (Å²) >= 11 is 0. The lowest BCUT2D eigenvalue weighted by molar-refractivity contribution is -0.119. The number of nitrogens with one attached hydrogen (secondary N) is 2. The quantitative estimate of drug-likeness (QED) is 0.519. The van der Waals surface area contributed by atoms with Gasteiger partial charge in [0.05, 0.1) is 5.56 Å². The van der Waals surface area contributed by atoms with E-state index in [9.17, 15) is 19.5 Å². The number of amides is 4. The van der Waals surface area contributed by atoms with E-state index in [1.165, 1.54) is 4.90 Å². The normalized spacial score (nSPS) is 15.6. The topological polar surface area (TPSA) is 125 Å². The van der Waals surface area contributed by atoms with Crippen LogP contribution in [0.4, 0.5) is 16.2 Å². The number of urea groups is 1. The molecule has 1 aliphatic heterocycles. The van der Waals surface area contributed by atoms with E-state index in [-0.39, 0.29) is 23.1 Å². The third-order valence-electron chi connectivity index (χ3n) is 5.34. The van der Waals surface area contributed by atoms with Crippen molar-refractivity contribution in [3.05, 3.63) is 66.2 Å². The van der Waals surface area contributed by atoms with Crippen LogP contribution in [0.5, 0.6) is 5.75 Å². The van der Waals surface area contributed by atoms with Crippen molar-refractivity contribution in [2.45, 2.75) is 18.9 Å². The number of anilines is 2. The molecule has 3 aromatic rings. The Balaban J connectivity index is 1.54. The van der Waals surface area contributed by atoms with Gasteiger partial charge in [-0.2, -0.15) is 0 Å². The number of carbonyl (C=O) groups is 3. The average Bonchev–Trinajstić information content (AvgIpc) is 3.24. The minimum absolute atomic E-state index is 0.0839. The lowest BCUT2D eigenvalue weighted by Gasteiger charge is -2.24. The maximum atomic E-state index is 13.2. The summed E-state index contributed by atoms with van der Waals surface area (Å²) < 4.78 is 0. The molecular weight excluding hydrogens is 396 g/mol. The van der Waals surface area contributed by atoms with Crippen molar-refractivity contribution >= 4 is 40.0 Å². The van der Waals surface area contributed by atoms with Gasteiger partial charge in [-0.15, -0.1) is 0 Å². The number of primary amides is 1. The van der Waals surface area contributed by atoms with Gasteiger partial charge < -0.3 is 26.4 Å². The van der Waals surface area contributed by atoms with Crippen molar-refractivity contribution in [1.29, 1.82) is 0 Å². The summed E-state index contributed by atoms with van der Waals surface area (Å²) in [4.78, 5) is 38.6. The summed E-state index contributed by atoms with van der Waals surface area (Å²) in [5, 5.41) is 17.3. The monoisotopic (exact) mass is 418 g/mol. The fraction of sp³-hybridized carbons (Fsp3) is 0.174. The van der Waals surface area contributed by atoms with Crippen molar-refractivity contribution in [3.63, 3.8) is 0 Å². The van der Waals surface area contributed by atoms with Gasteiger partial charge in [-0.3, -0.25) is 9.59 Å². The van der Waals surface area contributed by atoms with Gasteiger partial charge >= 0.3 is 6.03 Å². The van der Waals surface area contributed by atoms with E-state index in [0.717, 1.165) is 5.39 Å². The van der Waals surface area contributed by atoms with Crippen LogP contribution in [0.1, 0.15) is 23.2 Å². The molecular formula is C23H22N4O4. The second-order valence-electron chi connectivity index (χ2n) is 7.40. The molecule has 1 heterocycles. The molecule has 8 heteroatoms. The Hall–Kier alpha value is -4.07. The highest BCUT2D eigenvalue weighted by molar-refractivity contribution is 6.06. The largest absolute Gasteiger partial charge is 0.506 e. The zero-order valence-electron chi connectivity index (χ0n) is 16.7. The maximum absolute atomic E-state index is 13.2. The van der Waals surface area contributed by atoms with E-state index in [1.807, 2.05) is 12.1 Å². The molecule has 0 aliphatic carbocycles. The first-order chi connectivity index (χ1) is 14.9. The van der Waals surface area contributed by atoms with Crippen molar-refractivity contribution in [2.75, 3.05) is 17.2 Å². The Labute approximate surface area is 178 Å². The third-order valence-corrected chi connectivity index (χ3v) is 5.34. The van der Waals surface area contributed by atoms with E-state index in [0.29, 0.717) is 36.1 Å². The Morgan fingerprint density at radius 1 is 0.968 bits per heavy atom. The van der Waals surface area contributed by atoms with Crippen LogP contribution in [0.15, 0.2) is 60.7 Å². The predicted octanol–water partition coefficient (Wildman–Crippen LogP) is 3.28. The van der Waals surface area contributed by atoms with Crippen molar-refractivity contribution in [2.24, 2.45) is 5.73 Å². The zero-order valence-corrected chi connectivity index (χ0v) is 16.7. The lowest BCUT2D eigenvalue weighted by atomic mass is 10.0. The van der Waals surface area contributed by atoms with Gasteiger partial charge in [0.2, 0.25) is 5.91 Å². The second kappa shape index (κ2) is 8.35. The summed E-state index contributed by atoms with van der Waals surface area (Å²) in [7, 11) is 0. The molecule has 31 heavy (non-hydrogen) atoms. The molecule has 5 N–H and O–H groups in total. The SMILES string of the molecule is NC(=O)Nc1cccc(NC(=O)C2CCCN2C(=O)c2ccc3ccccc3c2O)c1. The summed E-state index contributed by atoms with van der Waals surface area (Å²) in [6.45, 7) is 0.423. The van der Waals surface area contributed by atoms with Crippen molar-refractivity contribution < 1.29 is 19.5 Å². The summed E-state index contributed by atoms with van der Waals surface area (Å²) in [5.74, 6) is -0.799. The fourth-order valence-electron chi connectivity index (χ4n) is 3.91. The molecule has 0 aromatic heterocycles. The van der Waals surface area contributed by atoms with Gasteiger partial charge in [-0.25, -0.2) is 4.79 Å². The molecule has 0 bridgehead atoms. The average molecular weight is 418 g/mol. The number of phenolic OH excluding ortho intramolecular Hbond substituents is 1. The Morgan fingerprint density at radius 2 is 1.71 bits per heavy atom. The first-order valence-electron chi connectivity index (χ1n) is 9.93. The van der Waals surface area contributed by atoms with Crippen molar-refractivity contribution in [3.8, 4) is 5.75 Å². The summed E-state index contributed by atoms with van der Waals surface area (Å²) in [6.07, 6.45) is 1.20. The van der Waals surface area contributed by atoms with Crippen LogP contribution in [0.2, 0.25) is 0 Å². The molecule has 0 spiro atoms. The molecule has 8 nitrogen and oxygen atoms in total. The maximum Gasteiger partial charge on any atom is 0.316 e. The highest BCUT2D eigenvalue weighted by Crippen LogP contribution is 2.31. The predicted molar refractivity (Wildman–Crippen MR) is 118 cm³/mol. The third kappa shape index (κ3) is 4.13. The van der Waals surface area contributed by atoms with Gasteiger partial charge in [0.1, 0.15) is 11.8 Å². The Bertz CT molecular complexity index is 1180. The van der Waals surface area contributed by atoms with Gasteiger partial charge in [0, 0.05) is 23.3 Å². The smallest absolute Gasteiger partial charge is 0.316 e. The van der Waals surface area contributed by atoms with E-state index in [1.54, 1.807) is 48.5 Å². The van der Waals surface area contributed by atoms with Crippen LogP contribution >= 0.6 is 0 Å². The molecule has 4 rings (SSSR count). The minimum atomic E-state index is -0.703. The number of nitrogens with two attached hydrogens (primary N) is 1. The number of fused-ring (bicyclic) bond motifs is 1. The van der Waals surface area contributed by atoms with E-state index in [2.05, 4.69) is 10.6 Å². The number of phenols is 1. The molecule has 1 fully saturated rings. The number of nitrogens with zero attached hydrogens (tertiary/aromatic N) is 1. The molecule has 3 aromatic carbocycles. The highest BCUT2D eigenvalue weighted by Gasteiger charge is 2.35. The summed E-state index contributed by atoms with van der Waals surface area (Å²) in [6, 6.07) is 15.9. The Kier molecular flexibility index (Phi) is 5.44. The van der Waals surface area contributed by atoms with Gasteiger partial charge in [0.15, 0.2) is 0 Å². The molecule has 1 aliphatic rings. The van der Waals surface area contributed by atoms with Crippen LogP contribution in [0.25, 0.3) is 10.8 Å². The second-order valence-corrected chi connectivity index (χ2v) is 7.40. The molecule has 158 valence electrons. The number of carbonyl (C=O) groups excluding carboxylic acids is 3. The minimum Gasteiger partial charge on any atom is -0.506 e. The number of hydrogen-bond acceptors (Lipinski definition) is 4. The van der Waals surface area contributed by atoms with E-state index < -0.39 is 12.1 Å². The van der Waals surface area contributed by atoms with Crippen LogP contribution < -0.4 is 16.4 Å². The van der Waals surface area contributed by atoms with Crippen molar-refractivity contribution in [1.82, 2.24) is 4.90 Å². The van der Waals surface area contributed by atoms with Gasteiger partial charge in [-0.1, -0.05) is 36.4 Å². The Morgan fingerprint density at radius 3 is 2.48 bits per heavy atom.